The van der Waals surface area contributed by atoms with E-state index in [4.69, 9.17) is 33.2 Å². The van der Waals surface area contributed by atoms with Crippen LogP contribution in [0.4, 0.5) is 0 Å². The van der Waals surface area contributed by atoms with Crippen LogP contribution in [0.2, 0.25) is 0 Å². The van der Waals surface area contributed by atoms with Crippen LogP contribution in [-0.2, 0) is 38.0 Å². The van der Waals surface area contributed by atoms with E-state index in [1.807, 2.05) is 0 Å². The Morgan fingerprint density at radius 1 is 0.398 bits per heavy atom. The van der Waals surface area contributed by atoms with Gasteiger partial charge in [0.1, 0.15) is 61.1 Å². The van der Waals surface area contributed by atoms with Gasteiger partial charge in [0.2, 0.25) is 0 Å². The molecule has 3 aliphatic heterocycles. The summed E-state index contributed by atoms with van der Waals surface area (Å²) >= 11 is 0. The average molecular weight is 1200 g/mol. The van der Waals surface area contributed by atoms with Gasteiger partial charge in [0, 0.05) is 24.9 Å². The molecule has 0 saturated carbocycles. The summed E-state index contributed by atoms with van der Waals surface area (Å²) in [7, 11) is 0. The maximum Gasteiger partial charge on any atom is 0.323 e. The molecular weight excluding hydrogens is 1070 g/mol. The molecule has 8 unspecified atom stereocenters. The second kappa shape index (κ2) is 47.7. The zero-order valence-corrected chi connectivity index (χ0v) is 51.4. The summed E-state index contributed by atoms with van der Waals surface area (Å²) in [5.41, 5.74) is 0. The number of nitrogens with one attached hydrogen (secondary N) is 1. The minimum Gasteiger partial charge on any atom is -0.465 e. The third-order valence-corrected chi connectivity index (χ3v) is 17.3. The van der Waals surface area contributed by atoms with Crippen molar-refractivity contribution in [3.8, 4) is 0 Å². The predicted octanol–water partition coefficient (Wildman–Crippen LogP) is 6.15. The first-order chi connectivity index (χ1) is 40.3. The number of aliphatic hydroxyl groups is 11. The lowest BCUT2D eigenvalue weighted by Crippen LogP contribution is -2.63. The molecule has 83 heavy (non-hydrogen) atoms. The Morgan fingerprint density at radius 2 is 0.747 bits per heavy atom. The average Bonchev–Trinajstić information content (AvgIpc) is 3.65. The molecule has 3 fully saturated rings. The van der Waals surface area contributed by atoms with E-state index in [0.29, 0.717) is 13.0 Å². The molecule has 3 rings (SSSR count). The number of aliphatic hydroxyl groups excluding tert-OH is 11. The van der Waals surface area contributed by atoms with Crippen molar-refractivity contribution in [1.29, 1.82) is 0 Å². The Morgan fingerprint density at radius 3 is 1.17 bits per heavy atom. The minimum absolute atomic E-state index is 0.0621. The number of carbonyl (C=O) groups is 1. The standard InChI is InChI=1S/C63H121NO19/c1-3-5-7-9-11-13-15-17-19-21-23-25-27-29-31-33-37-79-54(68)36-35-48(63(76)80-38-34-32-30-28-26-24-22-20-18-16-14-12-10-8-6-4-2)64-62-61(75)56(70)47(50(40-66)83-62)43-78-44-52-58(72)55(69)46(49(39-65)81-52)42-77-45-53-59(73)60(74)57(71)51(41-67)82-53/h46-62,64-75H,3-45H2,1-2H3/t46-,47-,48?,49?,50?,51?,52-,53-,54?,55-,56-,57-,58?,59?,60-,61?,62+/m1/s1. The fraction of sp³-hybridized carbons (Fsp3) is 0.984. The van der Waals surface area contributed by atoms with Gasteiger partial charge in [0.25, 0.3) is 0 Å². The number of hydrogen-bond acceptors (Lipinski definition) is 20. The van der Waals surface area contributed by atoms with Gasteiger partial charge >= 0.3 is 5.97 Å². The smallest absolute Gasteiger partial charge is 0.323 e. The Bertz CT molecular complexity index is 1520. The zero-order chi connectivity index (χ0) is 60.5. The quantitative estimate of drug-likeness (QED) is 0.0184. The molecule has 20 nitrogen and oxygen atoms in total. The number of carbonyl (C=O) groups excluding carboxylic acids is 1. The first kappa shape index (κ1) is 76.0. The molecule has 12 N–H and O–H groups in total. The Labute approximate surface area is 499 Å². The van der Waals surface area contributed by atoms with Gasteiger partial charge in [0.05, 0.1) is 77.3 Å². The summed E-state index contributed by atoms with van der Waals surface area (Å²) in [5.74, 6) is -2.58. The molecule has 3 saturated heterocycles. The summed E-state index contributed by atoms with van der Waals surface area (Å²) in [5, 5.41) is 120. The summed E-state index contributed by atoms with van der Waals surface area (Å²) in [6, 6.07) is -1.07. The van der Waals surface area contributed by atoms with E-state index in [9.17, 15) is 61.0 Å². The van der Waals surface area contributed by atoms with Crippen LogP contribution in [0.1, 0.15) is 232 Å². The molecule has 3 aliphatic rings. The number of rotatable bonds is 52. The molecule has 0 amide bonds. The van der Waals surface area contributed by atoms with Crippen LogP contribution < -0.4 is 5.32 Å². The molecular formula is C63H121NO19. The van der Waals surface area contributed by atoms with Crippen LogP contribution >= 0.6 is 0 Å². The normalized spacial score (nSPS) is 29.3. The molecule has 3 heterocycles. The van der Waals surface area contributed by atoms with E-state index in [1.165, 1.54) is 161 Å². The second-order valence-corrected chi connectivity index (χ2v) is 24.3. The Kier molecular flexibility index (Phi) is 43.7. The molecule has 492 valence electrons. The number of unbranched alkanes of at least 4 members (excludes halogenated alkanes) is 30. The molecule has 0 aromatic carbocycles. The molecule has 0 aromatic heterocycles. The molecule has 17 atom stereocenters. The lowest BCUT2D eigenvalue weighted by molar-refractivity contribution is -0.252. The SMILES string of the molecule is CCCCCCCCCCCCCCCCCCOC(=O)C(CCC(O)OCCCCCCCCCCCCCCCCCC)N[C@H]1OC(CO)[C@@H](COC[C@H]2OC(CO)[C@@H](COC[C@H]3OC(CO)[C@@H](O)[C@@H](O)C3O)[C@@H](O)C2O)[C@@H](O)C1O. The Hall–Kier alpha value is -1.25. The van der Waals surface area contributed by atoms with Crippen molar-refractivity contribution in [2.75, 3.05) is 59.5 Å². The molecule has 20 heteroatoms. The first-order valence-electron chi connectivity index (χ1n) is 33.3. The Balaban J connectivity index is 1.45. The van der Waals surface area contributed by atoms with Crippen molar-refractivity contribution in [3.05, 3.63) is 0 Å². The topological polar surface area (TPSA) is 316 Å². The van der Waals surface area contributed by atoms with E-state index >= 15 is 0 Å². The van der Waals surface area contributed by atoms with Crippen LogP contribution in [0, 0.1) is 11.8 Å². The van der Waals surface area contributed by atoms with Gasteiger partial charge in [-0.05, 0) is 19.3 Å². The van der Waals surface area contributed by atoms with Crippen LogP contribution in [0.3, 0.4) is 0 Å². The van der Waals surface area contributed by atoms with Gasteiger partial charge in [-0.3, -0.25) is 10.1 Å². The fourth-order valence-corrected chi connectivity index (χ4v) is 11.8. The van der Waals surface area contributed by atoms with Crippen LogP contribution in [0.15, 0.2) is 0 Å². The van der Waals surface area contributed by atoms with Gasteiger partial charge in [-0.1, -0.05) is 206 Å². The first-order valence-corrected chi connectivity index (χ1v) is 33.3. The zero-order valence-electron chi connectivity index (χ0n) is 51.4. The van der Waals surface area contributed by atoms with E-state index in [-0.39, 0.29) is 45.9 Å². The van der Waals surface area contributed by atoms with Crippen molar-refractivity contribution >= 4 is 5.97 Å². The maximum atomic E-state index is 13.7. The van der Waals surface area contributed by atoms with Gasteiger partial charge < -0.3 is 89.3 Å². The highest BCUT2D eigenvalue weighted by molar-refractivity contribution is 5.75. The summed E-state index contributed by atoms with van der Waals surface area (Å²) < 4.78 is 40.4. The highest BCUT2D eigenvalue weighted by Gasteiger charge is 2.48. The summed E-state index contributed by atoms with van der Waals surface area (Å²) in [6.45, 7) is 2.01. The summed E-state index contributed by atoms with van der Waals surface area (Å²) in [4.78, 5) is 13.7. The molecule has 0 aromatic rings. The lowest BCUT2D eigenvalue weighted by Gasteiger charge is -2.44. The molecule has 0 radical (unpaired) electrons. The molecule has 0 bridgehead atoms. The number of ether oxygens (including phenoxy) is 7. The van der Waals surface area contributed by atoms with Crippen LogP contribution in [0.25, 0.3) is 0 Å². The monoisotopic (exact) mass is 1200 g/mol. The van der Waals surface area contributed by atoms with Gasteiger partial charge in [-0.25, -0.2) is 0 Å². The summed E-state index contributed by atoms with van der Waals surface area (Å²) in [6.07, 6.45) is 20.7. The van der Waals surface area contributed by atoms with Crippen LogP contribution in [0.5, 0.6) is 0 Å². The van der Waals surface area contributed by atoms with Crippen LogP contribution in [-0.4, -0.2) is 213 Å². The van der Waals surface area contributed by atoms with E-state index in [1.54, 1.807) is 0 Å². The minimum atomic E-state index is -1.61. The van der Waals surface area contributed by atoms with Crippen molar-refractivity contribution in [2.45, 2.75) is 324 Å². The fourth-order valence-electron chi connectivity index (χ4n) is 11.8. The van der Waals surface area contributed by atoms with Crippen molar-refractivity contribution in [2.24, 2.45) is 11.8 Å². The second-order valence-electron chi connectivity index (χ2n) is 24.3. The van der Waals surface area contributed by atoms with Gasteiger partial charge in [-0.2, -0.15) is 0 Å². The van der Waals surface area contributed by atoms with Crippen molar-refractivity contribution < 1.29 is 94.1 Å². The van der Waals surface area contributed by atoms with E-state index in [0.717, 1.165) is 38.5 Å². The third-order valence-electron chi connectivity index (χ3n) is 17.3. The highest BCUT2D eigenvalue weighted by atomic mass is 16.6. The predicted molar refractivity (Wildman–Crippen MR) is 316 cm³/mol. The largest absolute Gasteiger partial charge is 0.465 e. The highest BCUT2D eigenvalue weighted by Crippen LogP contribution is 2.31. The molecule has 0 aliphatic carbocycles. The molecule has 0 spiro atoms. The van der Waals surface area contributed by atoms with Crippen molar-refractivity contribution in [3.63, 3.8) is 0 Å². The van der Waals surface area contributed by atoms with E-state index in [2.05, 4.69) is 19.2 Å². The lowest BCUT2D eigenvalue weighted by atomic mass is 9.87. The van der Waals surface area contributed by atoms with Gasteiger partial charge in [0.15, 0.2) is 6.29 Å². The maximum absolute atomic E-state index is 13.7. The third kappa shape index (κ3) is 30.7. The number of hydrogen-bond donors (Lipinski definition) is 12. The van der Waals surface area contributed by atoms with Gasteiger partial charge in [-0.15, -0.1) is 0 Å². The number of esters is 1. The van der Waals surface area contributed by atoms with E-state index < -0.39 is 129 Å². The van der Waals surface area contributed by atoms with Crippen molar-refractivity contribution in [1.82, 2.24) is 5.32 Å².